The van der Waals surface area contributed by atoms with Crippen molar-refractivity contribution in [1.29, 1.82) is 0 Å². The molecule has 5 heterocycles. The number of carbonyl (C=O) groups is 3. The zero-order valence-corrected chi connectivity index (χ0v) is 26.6. The van der Waals surface area contributed by atoms with Gasteiger partial charge in [0.1, 0.15) is 30.2 Å². The van der Waals surface area contributed by atoms with Crippen LogP contribution >= 0.6 is 0 Å². The summed E-state index contributed by atoms with van der Waals surface area (Å²) in [5.41, 5.74) is -4.32. The van der Waals surface area contributed by atoms with Gasteiger partial charge in [-0.25, -0.2) is 4.79 Å². The number of epoxide rings is 1. The van der Waals surface area contributed by atoms with Crippen molar-refractivity contribution >= 4 is 17.7 Å². The maximum Gasteiger partial charge on any atom is 0.339 e. The molecule has 0 aromatic carbocycles. The third-order valence-corrected chi connectivity index (χ3v) is 12.9. The van der Waals surface area contributed by atoms with E-state index < -0.39 is 63.8 Å². The number of hydrogen-bond acceptors (Lipinski definition) is 11. The Balaban J connectivity index is 1.27. The van der Waals surface area contributed by atoms with Crippen LogP contribution in [-0.2, 0) is 39.8 Å². The molecule has 4 saturated heterocycles. The van der Waals surface area contributed by atoms with Crippen LogP contribution in [0.2, 0.25) is 0 Å². The summed E-state index contributed by atoms with van der Waals surface area (Å²) >= 11 is 0. The molecule has 11 heteroatoms. The van der Waals surface area contributed by atoms with Crippen LogP contribution in [-0.4, -0.2) is 82.4 Å². The minimum Gasteiger partial charge on any atom is -0.469 e. The molecule has 6 aliphatic rings. The van der Waals surface area contributed by atoms with Crippen molar-refractivity contribution < 1.29 is 53.1 Å². The van der Waals surface area contributed by atoms with E-state index in [2.05, 4.69) is 0 Å². The summed E-state index contributed by atoms with van der Waals surface area (Å²) in [6.45, 7) is 7.71. The van der Waals surface area contributed by atoms with Gasteiger partial charge in [-0.1, -0.05) is 26.7 Å². The Morgan fingerprint density at radius 2 is 1.80 bits per heavy atom. The SMILES string of the molecule is CC1(C)O[C@H]2CC(=O)OC[C@@]23[C@@H]1C(=O)[C@@H](O)[C@]1(C)[C@@H]3CC[C@@]2(C)[C@H](c3ccoc3C[C@H](CO)CCCCCO)OC(=O)[C@H]3O[C@@]312. The number of unbranched alkanes of at least 4 members (excludes halogenated alkanes) is 2. The maximum atomic E-state index is 14.4. The molecule has 248 valence electrons. The topological polar surface area (TPSA) is 165 Å². The van der Waals surface area contributed by atoms with E-state index in [1.54, 1.807) is 6.26 Å². The largest absolute Gasteiger partial charge is 0.469 e. The van der Waals surface area contributed by atoms with E-state index in [-0.39, 0.29) is 49.8 Å². The van der Waals surface area contributed by atoms with Crippen LogP contribution in [0.1, 0.15) is 90.1 Å². The van der Waals surface area contributed by atoms with E-state index in [0.717, 1.165) is 19.3 Å². The Labute approximate surface area is 262 Å². The highest BCUT2D eigenvalue weighted by Crippen LogP contribution is 2.80. The summed E-state index contributed by atoms with van der Waals surface area (Å²) in [7, 11) is 0. The standard InChI is InChI=1S/C34H46O11/c1-30(2)25-24(38)26(39)32(4)21(33(25)17-42-23(37)15-22(33)44-30)9-11-31(3)27(43-29(40)28-34(31,32)45-28)19-10-13-41-20(19)14-18(16-36)8-6-5-7-12-35/h10,13,18,21-22,25-28,35-36,39H,5-9,11-12,14-17H2,1-4H3/t18-,21+,22+,25-,26-,27+,28-,31+,32+,33+,34-/m1/s1. The van der Waals surface area contributed by atoms with E-state index in [4.69, 9.17) is 28.5 Å². The van der Waals surface area contributed by atoms with Gasteiger partial charge in [0.25, 0.3) is 0 Å². The number of aliphatic hydroxyl groups is 3. The number of ether oxygens (including phenoxy) is 4. The van der Waals surface area contributed by atoms with E-state index in [0.29, 0.717) is 37.0 Å². The van der Waals surface area contributed by atoms with Gasteiger partial charge in [0.05, 0.1) is 30.3 Å². The molecule has 0 bridgehead atoms. The van der Waals surface area contributed by atoms with Crippen LogP contribution < -0.4 is 0 Å². The molecule has 3 N–H and O–H groups in total. The summed E-state index contributed by atoms with van der Waals surface area (Å²) in [6.07, 6.45) is 2.68. The first-order valence-electron chi connectivity index (χ1n) is 16.5. The molecule has 0 amide bonds. The van der Waals surface area contributed by atoms with Gasteiger partial charge in [-0.15, -0.1) is 0 Å². The van der Waals surface area contributed by atoms with Crippen LogP contribution in [0.4, 0.5) is 0 Å². The zero-order valence-electron chi connectivity index (χ0n) is 26.6. The second kappa shape index (κ2) is 10.3. The van der Waals surface area contributed by atoms with Crippen LogP contribution in [0.5, 0.6) is 0 Å². The van der Waals surface area contributed by atoms with E-state index in [1.807, 2.05) is 33.8 Å². The molecule has 1 aromatic heterocycles. The third kappa shape index (κ3) is 3.90. The molecule has 7 rings (SSSR count). The molecule has 45 heavy (non-hydrogen) atoms. The van der Waals surface area contributed by atoms with Gasteiger partial charge in [-0.2, -0.15) is 0 Å². The Kier molecular flexibility index (Phi) is 7.19. The fraction of sp³-hybridized carbons (Fsp3) is 0.794. The number of furan rings is 1. The van der Waals surface area contributed by atoms with Crippen LogP contribution in [0.3, 0.4) is 0 Å². The van der Waals surface area contributed by atoms with Gasteiger partial charge in [0.15, 0.2) is 11.9 Å². The molecule has 2 saturated carbocycles. The highest BCUT2D eigenvalue weighted by atomic mass is 16.7. The third-order valence-electron chi connectivity index (χ3n) is 12.9. The zero-order chi connectivity index (χ0) is 32.2. The smallest absolute Gasteiger partial charge is 0.339 e. The van der Waals surface area contributed by atoms with Crippen molar-refractivity contribution in [2.45, 2.75) is 115 Å². The monoisotopic (exact) mass is 630 g/mol. The molecule has 11 nitrogen and oxygen atoms in total. The lowest BCUT2D eigenvalue weighted by atomic mass is 9.36. The minimum absolute atomic E-state index is 0.0153. The molecule has 1 aromatic rings. The summed E-state index contributed by atoms with van der Waals surface area (Å²) in [5, 5.41) is 31.4. The lowest BCUT2D eigenvalue weighted by Crippen LogP contribution is -2.76. The number of Topliss-reactive ketones (excluding diaryl/α,β-unsaturated/α-hetero) is 1. The second-order valence-electron chi connectivity index (χ2n) is 15.4. The summed E-state index contributed by atoms with van der Waals surface area (Å²) in [4.78, 5) is 40.6. The average molecular weight is 631 g/mol. The Bertz CT molecular complexity index is 1390. The van der Waals surface area contributed by atoms with Crippen LogP contribution in [0.15, 0.2) is 16.7 Å². The number of aliphatic hydroxyl groups excluding tert-OH is 3. The fourth-order valence-corrected chi connectivity index (χ4v) is 11.1. The van der Waals surface area contributed by atoms with Gasteiger partial charge in [0.2, 0.25) is 0 Å². The quantitative estimate of drug-likeness (QED) is 0.209. The van der Waals surface area contributed by atoms with Crippen LogP contribution in [0, 0.1) is 34.0 Å². The van der Waals surface area contributed by atoms with E-state index in [1.165, 1.54) is 0 Å². The highest BCUT2D eigenvalue weighted by Gasteiger charge is 2.90. The lowest BCUT2D eigenvalue weighted by molar-refractivity contribution is -0.252. The number of ketones is 1. The first-order valence-corrected chi connectivity index (χ1v) is 16.5. The van der Waals surface area contributed by atoms with Gasteiger partial charge in [-0.05, 0) is 57.4 Å². The molecule has 0 unspecified atom stereocenters. The Morgan fingerprint density at radius 3 is 2.53 bits per heavy atom. The summed E-state index contributed by atoms with van der Waals surface area (Å²) in [5.74, 6) is -1.74. The van der Waals surface area contributed by atoms with Gasteiger partial charge in [-0.3, -0.25) is 9.59 Å². The van der Waals surface area contributed by atoms with Gasteiger partial charge in [0, 0.05) is 41.4 Å². The first kappa shape index (κ1) is 31.3. The summed E-state index contributed by atoms with van der Waals surface area (Å²) < 4.78 is 30.8. The molecular weight excluding hydrogens is 584 g/mol. The molecule has 11 atom stereocenters. The van der Waals surface area contributed by atoms with Crippen molar-refractivity contribution in [3.8, 4) is 0 Å². The normalized spacial score (nSPS) is 44.9. The summed E-state index contributed by atoms with van der Waals surface area (Å²) in [6, 6.07) is 1.81. The molecule has 2 spiro atoms. The molecule has 2 aliphatic carbocycles. The number of hydrogen-bond donors (Lipinski definition) is 3. The number of rotatable bonds is 9. The fourth-order valence-electron chi connectivity index (χ4n) is 11.1. The average Bonchev–Trinajstić information content (AvgIpc) is 3.55. The van der Waals surface area contributed by atoms with Gasteiger partial charge >= 0.3 is 11.9 Å². The van der Waals surface area contributed by atoms with Gasteiger partial charge < -0.3 is 38.7 Å². The molecular formula is C34H46O11. The molecule has 4 aliphatic heterocycles. The van der Waals surface area contributed by atoms with Crippen molar-refractivity contribution in [3.05, 3.63) is 23.7 Å². The highest BCUT2D eigenvalue weighted by molar-refractivity contribution is 5.92. The van der Waals surface area contributed by atoms with Crippen molar-refractivity contribution in [3.63, 3.8) is 0 Å². The Hall–Kier alpha value is -2.31. The van der Waals surface area contributed by atoms with Crippen molar-refractivity contribution in [2.75, 3.05) is 19.8 Å². The second-order valence-corrected chi connectivity index (χ2v) is 15.4. The lowest BCUT2D eigenvalue weighted by Gasteiger charge is -2.66. The van der Waals surface area contributed by atoms with E-state index in [9.17, 15) is 24.6 Å². The van der Waals surface area contributed by atoms with E-state index >= 15 is 0 Å². The number of esters is 2. The Morgan fingerprint density at radius 1 is 1.02 bits per heavy atom. The molecule has 6 fully saturated rings. The minimum atomic E-state index is -1.44. The predicted octanol–water partition coefficient (Wildman–Crippen LogP) is 2.81. The maximum absolute atomic E-state index is 14.4. The number of carbonyl (C=O) groups excluding carboxylic acids is 3. The number of fused-ring (bicyclic) bond motifs is 1. The van der Waals surface area contributed by atoms with Crippen molar-refractivity contribution in [2.24, 2.45) is 34.0 Å². The number of cyclic esters (lactones) is 2. The van der Waals surface area contributed by atoms with Crippen LogP contribution in [0.25, 0.3) is 0 Å². The predicted molar refractivity (Wildman–Crippen MR) is 155 cm³/mol. The van der Waals surface area contributed by atoms with Crippen molar-refractivity contribution in [1.82, 2.24) is 0 Å². The molecule has 0 radical (unpaired) electrons. The first-order chi connectivity index (χ1) is 21.3.